The third kappa shape index (κ3) is 3.51. The summed E-state index contributed by atoms with van der Waals surface area (Å²) in [6.07, 6.45) is -0.919. The molecule has 1 amide bonds. The van der Waals surface area contributed by atoms with E-state index in [1.807, 2.05) is 13.8 Å². The summed E-state index contributed by atoms with van der Waals surface area (Å²) in [6, 6.07) is -0.860. The van der Waals surface area contributed by atoms with Crippen molar-refractivity contribution in [2.45, 2.75) is 62.7 Å². The summed E-state index contributed by atoms with van der Waals surface area (Å²) in [5, 5.41) is -0.487. The first-order valence-electron chi connectivity index (χ1n) is 8.83. The van der Waals surface area contributed by atoms with Crippen LogP contribution in [0.1, 0.15) is 34.6 Å². The molecule has 0 radical (unpaired) electrons. The van der Waals surface area contributed by atoms with E-state index in [0.29, 0.717) is 0 Å². The SMILES string of the molecule is COC(OC)[C@]1(OC)C(=O)N2[C@@H](C(=O)OCOC(=O)C(C)(C)C)C(C)(C)S[C@@H]21. The zero-order chi connectivity index (χ0) is 21.5. The standard InChI is InChI=1S/C18H29NO8S/c1-16(2,3)14(22)27-9-26-11(20)10-17(4,5)28-13-18(25-8,12(21)19(10)13)15(23-6)24-7/h10,13,15H,9H2,1-8H3/t10-,13+,18-/m0/s1. The molecule has 0 bridgehead atoms. The maximum Gasteiger partial charge on any atom is 0.333 e. The Kier molecular flexibility index (Phi) is 6.40. The Morgan fingerprint density at radius 1 is 1.14 bits per heavy atom. The van der Waals surface area contributed by atoms with Gasteiger partial charge in [-0.3, -0.25) is 9.59 Å². The number of hydrogen-bond donors (Lipinski definition) is 0. The van der Waals surface area contributed by atoms with Crippen molar-refractivity contribution in [3.05, 3.63) is 0 Å². The van der Waals surface area contributed by atoms with Gasteiger partial charge in [-0.15, -0.1) is 11.8 Å². The molecule has 160 valence electrons. The van der Waals surface area contributed by atoms with Gasteiger partial charge >= 0.3 is 11.9 Å². The summed E-state index contributed by atoms with van der Waals surface area (Å²) in [7, 11) is 4.25. The van der Waals surface area contributed by atoms with Crippen LogP contribution in [-0.2, 0) is 38.1 Å². The van der Waals surface area contributed by atoms with Gasteiger partial charge in [0.1, 0.15) is 11.4 Å². The molecule has 0 aromatic rings. The number of methoxy groups -OCH3 is 3. The maximum absolute atomic E-state index is 13.0. The van der Waals surface area contributed by atoms with Crippen LogP contribution in [0.4, 0.5) is 0 Å². The number of rotatable bonds is 7. The molecule has 0 aromatic carbocycles. The number of thioether (sulfide) groups is 1. The monoisotopic (exact) mass is 419 g/mol. The Morgan fingerprint density at radius 3 is 2.18 bits per heavy atom. The lowest BCUT2D eigenvalue weighted by Gasteiger charge is -2.53. The van der Waals surface area contributed by atoms with Crippen LogP contribution in [0.15, 0.2) is 0 Å². The summed E-state index contributed by atoms with van der Waals surface area (Å²) >= 11 is 1.40. The zero-order valence-corrected chi connectivity index (χ0v) is 18.4. The molecule has 9 nitrogen and oxygen atoms in total. The van der Waals surface area contributed by atoms with Crippen molar-refractivity contribution in [2.24, 2.45) is 5.41 Å². The van der Waals surface area contributed by atoms with Crippen molar-refractivity contribution < 1.29 is 38.1 Å². The first-order chi connectivity index (χ1) is 12.9. The van der Waals surface area contributed by atoms with Crippen LogP contribution < -0.4 is 0 Å². The van der Waals surface area contributed by atoms with E-state index in [1.165, 1.54) is 38.0 Å². The van der Waals surface area contributed by atoms with Crippen LogP contribution in [-0.4, -0.2) is 78.9 Å². The smallest absolute Gasteiger partial charge is 0.333 e. The van der Waals surface area contributed by atoms with E-state index >= 15 is 0 Å². The van der Waals surface area contributed by atoms with Gasteiger partial charge in [0.2, 0.25) is 12.4 Å². The number of carbonyl (C=O) groups is 3. The molecular weight excluding hydrogens is 390 g/mol. The van der Waals surface area contributed by atoms with Crippen molar-refractivity contribution in [1.82, 2.24) is 4.90 Å². The molecule has 2 aliphatic heterocycles. The molecule has 2 fully saturated rings. The summed E-state index contributed by atoms with van der Waals surface area (Å²) in [5.74, 6) is -1.55. The van der Waals surface area contributed by atoms with Crippen LogP contribution in [0.3, 0.4) is 0 Å². The summed E-state index contributed by atoms with van der Waals surface area (Å²) in [5.41, 5.74) is -2.06. The van der Waals surface area contributed by atoms with E-state index < -0.39 is 58.1 Å². The predicted molar refractivity (Wildman–Crippen MR) is 100 cm³/mol. The van der Waals surface area contributed by atoms with Gasteiger partial charge in [-0.1, -0.05) is 0 Å². The molecule has 0 aliphatic carbocycles. The van der Waals surface area contributed by atoms with Crippen molar-refractivity contribution in [3.8, 4) is 0 Å². The largest absolute Gasteiger partial charge is 0.427 e. The van der Waals surface area contributed by atoms with E-state index in [4.69, 9.17) is 23.7 Å². The third-order valence-corrected chi connectivity index (χ3v) is 6.51. The van der Waals surface area contributed by atoms with Crippen molar-refractivity contribution in [1.29, 1.82) is 0 Å². The Balaban J connectivity index is 2.14. The molecule has 10 heteroatoms. The number of fused-ring (bicyclic) bond motifs is 1. The topological polar surface area (TPSA) is 101 Å². The number of ether oxygens (including phenoxy) is 5. The van der Waals surface area contributed by atoms with Gasteiger partial charge in [-0.2, -0.15) is 0 Å². The summed E-state index contributed by atoms with van der Waals surface area (Å²) in [6.45, 7) is 8.26. The van der Waals surface area contributed by atoms with Crippen LogP contribution in [0.2, 0.25) is 0 Å². The predicted octanol–water partition coefficient (Wildman–Crippen LogP) is 1.14. The number of esters is 2. The molecule has 2 heterocycles. The maximum atomic E-state index is 13.0. The fraction of sp³-hybridized carbons (Fsp3) is 0.833. The minimum absolute atomic E-state index is 0.416. The average molecular weight is 419 g/mol. The van der Waals surface area contributed by atoms with E-state index in [1.54, 1.807) is 20.8 Å². The molecule has 0 saturated carbocycles. The molecule has 28 heavy (non-hydrogen) atoms. The highest BCUT2D eigenvalue weighted by molar-refractivity contribution is 8.01. The first kappa shape index (κ1) is 22.9. The van der Waals surface area contributed by atoms with Gasteiger partial charge in [0.15, 0.2) is 6.29 Å². The fourth-order valence-electron chi connectivity index (χ4n) is 3.42. The number of hydrogen-bond acceptors (Lipinski definition) is 9. The van der Waals surface area contributed by atoms with Crippen LogP contribution in [0.25, 0.3) is 0 Å². The second kappa shape index (κ2) is 7.81. The number of amides is 1. The third-order valence-electron chi connectivity index (χ3n) is 4.88. The highest BCUT2D eigenvalue weighted by atomic mass is 32.2. The molecule has 2 rings (SSSR count). The van der Waals surface area contributed by atoms with E-state index in [9.17, 15) is 14.4 Å². The lowest BCUT2D eigenvalue weighted by molar-refractivity contribution is -0.264. The fourth-order valence-corrected chi connectivity index (χ4v) is 5.15. The molecule has 0 spiro atoms. The van der Waals surface area contributed by atoms with Gasteiger partial charge in [0.25, 0.3) is 5.91 Å². The van der Waals surface area contributed by atoms with Crippen LogP contribution >= 0.6 is 11.8 Å². The highest BCUT2D eigenvalue weighted by Gasteiger charge is 2.75. The van der Waals surface area contributed by atoms with Gasteiger partial charge in [-0.25, -0.2) is 4.79 Å². The van der Waals surface area contributed by atoms with E-state index in [2.05, 4.69) is 0 Å². The molecule has 0 aromatic heterocycles. The average Bonchev–Trinajstić information content (AvgIpc) is 2.87. The second-order valence-electron chi connectivity index (χ2n) is 8.25. The van der Waals surface area contributed by atoms with Crippen LogP contribution in [0.5, 0.6) is 0 Å². The number of carbonyl (C=O) groups excluding carboxylic acids is 3. The van der Waals surface area contributed by atoms with Crippen molar-refractivity contribution in [2.75, 3.05) is 28.1 Å². The molecular formula is C18H29NO8S. The Hall–Kier alpha value is -1.36. The summed E-state index contributed by atoms with van der Waals surface area (Å²) in [4.78, 5) is 39.0. The Morgan fingerprint density at radius 2 is 1.71 bits per heavy atom. The molecule has 0 unspecified atom stereocenters. The minimum Gasteiger partial charge on any atom is -0.427 e. The first-order valence-corrected chi connectivity index (χ1v) is 9.71. The lowest BCUT2D eigenvalue weighted by Crippen LogP contribution is -2.78. The second-order valence-corrected chi connectivity index (χ2v) is 9.99. The lowest BCUT2D eigenvalue weighted by atomic mass is 9.86. The van der Waals surface area contributed by atoms with Crippen LogP contribution in [0, 0.1) is 5.41 Å². The Bertz CT molecular complexity index is 642. The van der Waals surface area contributed by atoms with E-state index in [0.717, 1.165) is 0 Å². The molecule has 2 saturated heterocycles. The van der Waals surface area contributed by atoms with Gasteiger partial charge in [-0.05, 0) is 34.6 Å². The molecule has 0 N–H and O–H groups in total. The quantitative estimate of drug-likeness (QED) is 0.342. The van der Waals surface area contributed by atoms with Gasteiger partial charge in [0, 0.05) is 26.1 Å². The zero-order valence-electron chi connectivity index (χ0n) is 17.6. The molecule has 2 aliphatic rings. The van der Waals surface area contributed by atoms with Gasteiger partial charge in [0.05, 0.1) is 5.41 Å². The number of β-lactam (4-membered cyclic amide) rings is 1. The van der Waals surface area contributed by atoms with Crippen molar-refractivity contribution in [3.63, 3.8) is 0 Å². The normalized spacial score (nSPS) is 28.8. The molecule has 3 atom stereocenters. The summed E-state index contributed by atoms with van der Waals surface area (Å²) < 4.78 is 25.6. The van der Waals surface area contributed by atoms with Crippen molar-refractivity contribution >= 4 is 29.6 Å². The van der Waals surface area contributed by atoms with Gasteiger partial charge < -0.3 is 28.6 Å². The number of nitrogens with zero attached hydrogens (tertiary/aromatic N) is 1. The highest BCUT2D eigenvalue weighted by Crippen LogP contribution is 2.57. The Labute approximate surface area is 169 Å². The minimum atomic E-state index is -1.35. The van der Waals surface area contributed by atoms with E-state index in [-0.39, 0.29) is 0 Å².